The third-order valence-corrected chi connectivity index (χ3v) is 2.69. The largest absolute Gasteiger partial charge is 0.481 e. The molecule has 1 saturated heterocycles. The molecule has 0 bridgehead atoms. The van der Waals surface area contributed by atoms with E-state index in [9.17, 15) is 9.59 Å². The van der Waals surface area contributed by atoms with Gasteiger partial charge in [-0.3, -0.25) is 9.59 Å². The molecule has 1 heterocycles. The van der Waals surface area contributed by atoms with Crippen molar-refractivity contribution >= 4 is 11.9 Å². The number of likely N-dealkylation sites (tertiary alicyclic amines) is 1. The van der Waals surface area contributed by atoms with Crippen LogP contribution in [-0.2, 0) is 9.59 Å². The average molecular weight is 195 g/mol. The summed E-state index contributed by atoms with van der Waals surface area (Å²) in [5.74, 6) is 1.38. The number of amides is 1. The van der Waals surface area contributed by atoms with Crippen molar-refractivity contribution in [2.45, 2.75) is 19.8 Å². The lowest BCUT2D eigenvalue weighted by atomic mass is 9.84. The van der Waals surface area contributed by atoms with Crippen molar-refractivity contribution in [3.8, 4) is 12.3 Å². The molecule has 14 heavy (non-hydrogen) atoms. The van der Waals surface area contributed by atoms with Gasteiger partial charge in [-0.15, -0.1) is 12.3 Å². The van der Waals surface area contributed by atoms with E-state index in [-0.39, 0.29) is 18.9 Å². The van der Waals surface area contributed by atoms with E-state index < -0.39 is 11.4 Å². The first-order valence-corrected chi connectivity index (χ1v) is 4.44. The number of terminal acetylenes is 1. The minimum absolute atomic E-state index is 0.0925. The van der Waals surface area contributed by atoms with Crippen LogP contribution in [0.25, 0.3) is 0 Å². The van der Waals surface area contributed by atoms with Crippen LogP contribution in [0, 0.1) is 17.8 Å². The maximum atomic E-state index is 11.0. The first kappa shape index (κ1) is 10.6. The van der Waals surface area contributed by atoms with Crippen LogP contribution in [-0.4, -0.2) is 35.0 Å². The van der Waals surface area contributed by atoms with E-state index in [4.69, 9.17) is 11.5 Å². The molecule has 1 aliphatic rings. The molecule has 76 valence electrons. The Morgan fingerprint density at radius 1 is 1.64 bits per heavy atom. The van der Waals surface area contributed by atoms with Crippen LogP contribution in [0.2, 0.25) is 0 Å². The Balaban J connectivity index is 2.80. The summed E-state index contributed by atoms with van der Waals surface area (Å²) < 4.78 is 0. The van der Waals surface area contributed by atoms with Crippen LogP contribution in [0.4, 0.5) is 0 Å². The number of aliphatic carboxylic acids is 1. The van der Waals surface area contributed by atoms with Gasteiger partial charge in [-0.2, -0.15) is 0 Å². The molecule has 0 aromatic heterocycles. The van der Waals surface area contributed by atoms with E-state index in [0.29, 0.717) is 13.0 Å². The van der Waals surface area contributed by atoms with Crippen LogP contribution < -0.4 is 0 Å². The molecule has 1 aliphatic heterocycles. The molecule has 1 fully saturated rings. The van der Waals surface area contributed by atoms with Crippen molar-refractivity contribution in [1.29, 1.82) is 0 Å². The summed E-state index contributed by atoms with van der Waals surface area (Å²) in [6.45, 7) is 2.17. The summed E-state index contributed by atoms with van der Waals surface area (Å²) in [6, 6.07) is 0. The highest BCUT2D eigenvalue weighted by molar-refractivity contribution is 5.79. The van der Waals surface area contributed by atoms with Crippen LogP contribution >= 0.6 is 0 Å². The molecule has 1 N–H and O–H groups in total. The fraction of sp³-hybridized carbons (Fsp3) is 0.600. The molecule has 1 atom stereocenters. The maximum absolute atomic E-state index is 11.0. The molecule has 0 aromatic rings. The fourth-order valence-electron chi connectivity index (χ4n) is 1.73. The van der Waals surface area contributed by atoms with E-state index in [1.165, 1.54) is 11.8 Å². The normalized spacial score (nSPS) is 25.9. The zero-order chi connectivity index (χ0) is 10.8. The Morgan fingerprint density at radius 3 is 2.64 bits per heavy atom. The second-order valence-electron chi connectivity index (χ2n) is 3.66. The number of carboxylic acid groups (broad SMARTS) is 1. The number of rotatable bonds is 2. The van der Waals surface area contributed by atoms with Gasteiger partial charge in [-0.1, -0.05) is 0 Å². The number of carbonyl (C=O) groups is 2. The predicted molar refractivity (Wildman–Crippen MR) is 50.4 cm³/mol. The van der Waals surface area contributed by atoms with Gasteiger partial charge in [0.05, 0.1) is 5.41 Å². The lowest BCUT2D eigenvalue weighted by Crippen LogP contribution is -2.35. The second kappa shape index (κ2) is 3.70. The van der Waals surface area contributed by atoms with Crippen molar-refractivity contribution in [1.82, 2.24) is 4.90 Å². The van der Waals surface area contributed by atoms with Crippen molar-refractivity contribution in [2.75, 3.05) is 13.1 Å². The summed E-state index contributed by atoms with van der Waals surface area (Å²) in [7, 11) is 0. The SMILES string of the molecule is C#CCC1(C(=O)O)CCN(C(C)=O)C1. The molecule has 1 rings (SSSR count). The fourth-order valence-corrected chi connectivity index (χ4v) is 1.73. The number of carboxylic acids is 1. The minimum atomic E-state index is -0.916. The summed E-state index contributed by atoms with van der Waals surface area (Å²) >= 11 is 0. The predicted octanol–water partition coefficient (Wildman–Crippen LogP) is 0.333. The molecular formula is C10H13NO3. The van der Waals surface area contributed by atoms with E-state index in [1.807, 2.05) is 0 Å². The van der Waals surface area contributed by atoms with E-state index in [0.717, 1.165) is 0 Å². The molecule has 0 radical (unpaired) electrons. The molecular weight excluding hydrogens is 182 g/mol. The summed E-state index contributed by atoms with van der Waals surface area (Å²) in [6.07, 6.45) is 5.77. The summed E-state index contributed by atoms with van der Waals surface area (Å²) in [4.78, 5) is 23.6. The first-order chi connectivity index (χ1) is 6.52. The Labute approximate surface area is 82.9 Å². The molecule has 0 aliphatic carbocycles. The Hall–Kier alpha value is -1.50. The smallest absolute Gasteiger partial charge is 0.312 e. The third-order valence-electron chi connectivity index (χ3n) is 2.69. The molecule has 0 aromatic carbocycles. The van der Waals surface area contributed by atoms with E-state index in [1.54, 1.807) is 0 Å². The van der Waals surface area contributed by atoms with Gasteiger partial charge in [0.25, 0.3) is 0 Å². The second-order valence-corrected chi connectivity index (χ2v) is 3.66. The zero-order valence-corrected chi connectivity index (χ0v) is 8.12. The molecule has 0 spiro atoms. The van der Waals surface area contributed by atoms with Crippen molar-refractivity contribution < 1.29 is 14.7 Å². The molecule has 1 unspecified atom stereocenters. The highest BCUT2D eigenvalue weighted by Gasteiger charge is 2.44. The summed E-state index contributed by atoms with van der Waals surface area (Å²) in [5, 5.41) is 9.06. The Morgan fingerprint density at radius 2 is 2.29 bits per heavy atom. The van der Waals surface area contributed by atoms with Gasteiger partial charge in [0, 0.05) is 26.4 Å². The van der Waals surface area contributed by atoms with E-state index in [2.05, 4.69) is 5.92 Å². The van der Waals surface area contributed by atoms with Gasteiger partial charge in [0.1, 0.15) is 0 Å². The van der Waals surface area contributed by atoms with Gasteiger partial charge in [-0.05, 0) is 6.42 Å². The zero-order valence-electron chi connectivity index (χ0n) is 8.12. The lowest BCUT2D eigenvalue weighted by molar-refractivity contribution is -0.148. The van der Waals surface area contributed by atoms with Gasteiger partial charge >= 0.3 is 5.97 Å². The van der Waals surface area contributed by atoms with Crippen molar-refractivity contribution in [3.05, 3.63) is 0 Å². The van der Waals surface area contributed by atoms with E-state index >= 15 is 0 Å². The Bertz CT molecular complexity index is 305. The number of nitrogens with zero attached hydrogens (tertiary/aromatic N) is 1. The minimum Gasteiger partial charge on any atom is -0.481 e. The van der Waals surface area contributed by atoms with Crippen LogP contribution in [0.3, 0.4) is 0 Å². The highest BCUT2D eigenvalue weighted by Crippen LogP contribution is 2.33. The summed E-state index contributed by atoms with van der Waals surface area (Å²) in [5.41, 5.74) is -0.916. The number of hydrogen-bond acceptors (Lipinski definition) is 2. The average Bonchev–Trinajstić information content (AvgIpc) is 2.50. The first-order valence-electron chi connectivity index (χ1n) is 4.44. The third kappa shape index (κ3) is 1.72. The molecule has 4 nitrogen and oxygen atoms in total. The monoisotopic (exact) mass is 195 g/mol. The van der Waals surface area contributed by atoms with Gasteiger partial charge in [0.2, 0.25) is 5.91 Å². The van der Waals surface area contributed by atoms with Crippen molar-refractivity contribution in [3.63, 3.8) is 0 Å². The van der Waals surface area contributed by atoms with Crippen molar-refractivity contribution in [2.24, 2.45) is 5.41 Å². The number of hydrogen-bond donors (Lipinski definition) is 1. The molecule has 0 saturated carbocycles. The quantitative estimate of drug-likeness (QED) is 0.646. The lowest BCUT2D eigenvalue weighted by Gasteiger charge is -2.21. The molecule has 4 heteroatoms. The van der Waals surface area contributed by atoms with Crippen LogP contribution in [0.15, 0.2) is 0 Å². The van der Waals surface area contributed by atoms with Gasteiger partial charge in [0.15, 0.2) is 0 Å². The maximum Gasteiger partial charge on any atom is 0.312 e. The topological polar surface area (TPSA) is 57.6 Å². The number of carbonyl (C=O) groups excluding carboxylic acids is 1. The standard InChI is InChI=1S/C10H13NO3/c1-3-4-10(9(13)14)5-6-11(7-10)8(2)12/h1H,4-7H2,2H3,(H,13,14). The molecule has 1 amide bonds. The van der Waals surface area contributed by atoms with Crippen LogP contribution in [0.1, 0.15) is 19.8 Å². The van der Waals surface area contributed by atoms with Gasteiger partial charge < -0.3 is 10.0 Å². The van der Waals surface area contributed by atoms with Crippen LogP contribution in [0.5, 0.6) is 0 Å². The highest BCUT2D eigenvalue weighted by atomic mass is 16.4. The Kier molecular flexibility index (Phi) is 2.80. The van der Waals surface area contributed by atoms with Gasteiger partial charge in [-0.25, -0.2) is 0 Å².